The molecule has 2 unspecified atom stereocenters. The minimum Gasteiger partial charge on any atom is -0.508 e. The second-order valence-electron chi connectivity index (χ2n) is 6.71. The van der Waals surface area contributed by atoms with E-state index in [1.807, 2.05) is 0 Å². The van der Waals surface area contributed by atoms with Crippen LogP contribution in [0.1, 0.15) is 27.0 Å². The molecule has 2 aliphatic heterocycles. The number of nitrogens with two attached hydrogens (primary N) is 1. The first-order valence-corrected chi connectivity index (χ1v) is 10.2. The van der Waals surface area contributed by atoms with Gasteiger partial charge in [0, 0.05) is 28.8 Å². The molecule has 3 aromatic rings. The van der Waals surface area contributed by atoms with Crippen molar-refractivity contribution in [2.45, 2.75) is 5.60 Å². The molecule has 0 saturated carbocycles. The van der Waals surface area contributed by atoms with Gasteiger partial charge in [0.2, 0.25) is 0 Å². The molecule has 29 heavy (non-hydrogen) atoms. The van der Waals surface area contributed by atoms with Gasteiger partial charge in [-0.2, -0.15) is 0 Å². The smallest absolute Gasteiger partial charge is 0.453 e. The van der Waals surface area contributed by atoms with Gasteiger partial charge in [-0.1, -0.05) is 18.2 Å². The fourth-order valence-electron chi connectivity index (χ4n) is 3.85. The van der Waals surface area contributed by atoms with Crippen molar-refractivity contribution in [3.05, 3.63) is 82.9 Å². The number of carbonyl (C=O) groups is 1. The van der Waals surface area contributed by atoms with Crippen LogP contribution in [-0.2, 0) is 14.9 Å². The number of hydrogen-bond acceptors (Lipinski definition) is 6. The van der Waals surface area contributed by atoms with E-state index in [1.54, 1.807) is 36.4 Å². The van der Waals surface area contributed by atoms with Crippen LogP contribution in [0.5, 0.6) is 23.0 Å². The predicted molar refractivity (Wildman–Crippen MR) is 101 cm³/mol. The summed E-state index contributed by atoms with van der Waals surface area (Å²) in [4.78, 5) is 22.0. The van der Waals surface area contributed by atoms with Crippen molar-refractivity contribution in [2.75, 3.05) is 0 Å². The monoisotopic (exact) mass is 411 g/mol. The van der Waals surface area contributed by atoms with Gasteiger partial charge in [0.25, 0.3) is 0 Å². The molecule has 0 saturated heterocycles. The van der Waals surface area contributed by atoms with E-state index in [0.29, 0.717) is 22.3 Å². The minimum atomic E-state index is -4.28. The first kappa shape index (κ1) is 17.8. The van der Waals surface area contributed by atoms with Crippen LogP contribution in [0.25, 0.3) is 0 Å². The van der Waals surface area contributed by atoms with Gasteiger partial charge in [0.15, 0.2) is 5.60 Å². The van der Waals surface area contributed by atoms with E-state index in [1.165, 1.54) is 24.3 Å². The number of hydrogen-bond donors (Lipinski definition) is 3. The van der Waals surface area contributed by atoms with Gasteiger partial charge in [-0.3, -0.25) is 0 Å². The average molecular weight is 411 g/mol. The van der Waals surface area contributed by atoms with Crippen LogP contribution in [0.2, 0.25) is 0 Å². The van der Waals surface area contributed by atoms with Gasteiger partial charge in [-0.15, -0.1) is 0 Å². The van der Waals surface area contributed by atoms with Gasteiger partial charge in [-0.25, -0.2) is 14.9 Å². The molecule has 0 aromatic heterocycles. The van der Waals surface area contributed by atoms with Crippen LogP contribution >= 0.6 is 7.75 Å². The summed E-state index contributed by atoms with van der Waals surface area (Å²) in [6, 6.07) is 15.9. The molecular weight excluding hydrogens is 397 g/mol. The molecule has 146 valence electrons. The van der Waals surface area contributed by atoms with E-state index in [-0.39, 0.29) is 23.0 Å². The first-order chi connectivity index (χ1) is 13.8. The van der Waals surface area contributed by atoms with E-state index < -0.39 is 19.3 Å². The Kier molecular flexibility index (Phi) is 3.58. The van der Waals surface area contributed by atoms with Gasteiger partial charge < -0.3 is 24.0 Å². The Morgan fingerprint density at radius 2 is 1.66 bits per heavy atom. The third-order valence-electron chi connectivity index (χ3n) is 4.91. The van der Waals surface area contributed by atoms with Crippen molar-refractivity contribution in [2.24, 2.45) is 5.50 Å². The van der Waals surface area contributed by atoms with E-state index in [0.717, 1.165) is 0 Å². The van der Waals surface area contributed by atoms with Crippen molar-refractivity contribution in [1.82, 2.24) is 0 Å². The Balaban J connectivity index is 1.79. The second-order valence-corrected chi connectivity index (χ2v) is 8.02. The van der Waals surface area contributed by atoms with Crippen molar-refractivity contribution in [1.29, 1.82) is 0 Å². The zero-order chi connectivity index (χ0) is 20.4. The lowest BCUT2D eigenvalue weighted by atomic mass is 9.77. The number of aromatic hydroxyl groups is 1. The summed E-state index contributed by atoms with van der Waals surface area (Å²) in [5.41, 5.74) is 5.88. The van der Waals surface area contributed by atoms with Crippen molar-refractivity contribution in [3.63, 3.8) is 0 Å². The fourth-order valence-corrected chi connectivity index (χ4v) is 4.27. The summed E-state index contributed by atoms with van der Waals surface area (Å²) < 4.78 is 28.1. The number of ether oxygens (including phenoxy) is 2. The molecular formula is C20H14NO7P. The topological polar surface area (TPSA) is 128 Å². The highest BCUT2D eigenvalue weighted by atomic mass is 31.2. The lowest BCUT2D eigenvalue weighted by Crippen LogP contribution is -2.32. The van der Waals surface area contributed by atoms with Gasteiger partial charge >= 0.3 is 13.7 Å². The van der Waals surface area contributed by atoms with E-state index >= 15 is 0 Å². The molecule has 0 aliphatic carbocycles. The zero-order valence-corrected chi connectivity index (χ0v) is 15.6. The van der Waals surface area contributed by atoms with Crippen molar-refractivity contribution in [3.8, 4) is 23.0 Å². The lowest BCUT2D eigenvalue weighted by Gasteiger charge is -2.36. The molecule has 0 radical (unpaired) electrons. The molecule has 2 atom stereocenters. The Bertz CT molecular complexity index is 1240. The standard InChI is InChI=1S/C20H14NO7P/c21-29(24,25)28-12-6-8-16-18(10-12)26-17-9-11(22)5-7-15(17)20(16)14-4-2-1-3-13(14)19(23)27-20/h1-10,22H,(H3,21,24,25). The number of phenols is 1. The summed E-state index contributed by atoms with van der Waals surface area (Å²) in [5.74, 6) is -0.00474. The summed E-state index contributed by atoms with van der Waals surface area (Å²) in [5, 5.41) is 9.92. The molecule has 8 nitrogen and oxygen atoms in total. The maximum absolute atomic E-state index is 12.7. The molecule has 1 spiro atoms. The molecule has 0 bridgehead atoms. The third kappa shape index (κ3) is 2.61. The quantitative estimate of drug-likeness (QED) is 0.432. The van der Waals surface area contributed by atoms with Crippen LogP contribution in [0.4, 0.5) is 0 Å². The highest BCUT2D eigenvalue weighted by molar-refractivity contribution is 7.50. The Morgan fingerprint density at radius 3 is 2.41 bits per heavy atom. The highest BCUT2D eigenvalue weighted by Gasteiger charge is 2.53. The largest absolute Gasteiger partial charge is 0.508 e. The van der Waals surface area contributed by atoms with E-state index in [9.17, 15) is 19.4 Å². The fraction of sp³-hybridized carbons (Fsp3) is 0.0500. The molecule has 9 heteroatoms. The molecule has 0 fully saturated rings. The van der Waals surface area contributed by atoms with Crippen molar-refractivity contribution < 1.29 is 33.4 Å². The average Bonchev–Trinajstić information content (AvgIpc) is 2.94. The van der Waals surface area contributed by atoms with Crippen LogP contribution in [0.15, 0.2) is 60.7 Å². The number of fused-ring (bicyclic) bond motifs is 6. The Hall–Kier alpha value is -3.32. The molecule has 5 rings (SSSR count). The van der Waals surface area contributed by atoms with Crippen molar-refractivity contribution >= 4 is 13.7 Å². The van der Waals surface area contributed by atoms with Gasteiger partial charge in [0.05, 0.1) is 5.56 Å². The zero-order valence-electron chi connectivity index (χ0n) is 14.7. The van der Waals surface area contributed by atoms with Crippen LogP contribution in [0, 0.1) is 0 Å². The lowest BCUT2D eigenvalue weighted by molar-refractivity contribution is 0.0224. The third-order valence-corrected chi connectivity index (χ3v) is 5.38. The van der Waals surface area contributed by atoms with E-state index in [2.05, 4.69) is 0 Å². The molecule has 3 aromatic carbocycles. The van der Waals surface area contributed by atoms with Crippen LogP contribution in [0.3, 0.4) is 0 Å². The summed E-state index contributed by atoms with van der Waals surface area (Å²) in [6.45, 7) is 0. The SMILES string of the molecule is NP(=O)(O)Oc1ccc2c(c1)Oc1cc(O)ccc1C21OC(=O)c2ccccc21. The summed E-state index contributed by atoms with van der Waals surface area (Å²) >= 11 is 0. The highest BCUT2D eigenvalue weighted by Crippen LogP contribution is 2.57. The number of carbonyl (C=O) groups excluding carboxylic acids is 1. The predicted octanol–water partition coefficient (Wildman–Crippen LogP) is 3.40. The minimum absolute atomic E-state index is 0.00782. The van der Waals surface area contributed by atoms with Crippen LogP contribution in [-0.4, -0.2) is 16.0 Å². The molecule has 2 aliphatic rings. The van der Waals surface area contributed by atoms with Gasteiger partial charge in [0.1, 0.15) is 23.0 Å². The normalized spacial score (nSPS) is 20.7. The first-order valence-electron chi connectivity index (χ1n) is 8.58. The maximum Gasteiger partial charge on any atom is 0.453 e. The van der Waals surface area contributed by atoms with Gasteiger partial charge in [-0.05, 0) is 30.3 Å². The molecule has 0 amide bonds. The summed E-state index contributed by atoms with van der Waals surface area (Å²) in [6.07, 6.45) is 0. The second kappa shape index (κ2) is 5.84. The Labute approximate surface area is 164 Å². The number of rotatable bonds is 2. The number of esters is 1. The van der Waals surface area contributed by atoms with E-state index in [4.69, 9.17) is 19.5 Å². The molecule has 2 heterocycles. The number of phenolic OH excluding ortho intramolecular Hbond substituents is 1. The summed E-state index contributed by atoms with van der Waals surface area (Å²) in [7, 11) is -4.28. The molecule has 4 N–H and O–H groups in total. The number of benzene rings is 3. The Morgan fingerprint density at radius 1 is 0.966 bits per heavy atom. The maximum atomic E-state index is 12.7. The van der Waals surface area contributed by atoms with Crippen LogP contribution < -0.4 is 14.8 Å².